The van der Waals surface area contributed by atoms with E-state index in [1.807, 2.05) is 0 Å². The van der Waals surface area contributed by atoms with Gasteiger partial charge < -0.3 is 14.9 Å². The van der Waals surface area contributed by atoms with E-state index in [2.05, 4.69) is 4.98 Å². The zero-order chi connectivity index (χ0) is 14.3. The van der Waals surface area contributed by atoms with Gasteiger partial charge >= 0.3 is 0 Å². The summed E-state index contributed by atoms with van der Waals surface area (Å²) in [5, 5.41) is 0.370. The number of nitrogens with two attached hydrogens (primary N) is 1. The van der Waals surface area contributed by atoms with Gasteiger partial charge in [0.1, 0.15) is 17.1 Å². The molecule has 3 aromatic rings. The molecule has 0 unspecified atom stereocenters. The van der Waals surface area contributed by atoms with Gasteiger partial charge in [0.2, 0.25) is 5.89 Å². The predicted octanol–water partition coefficient (Wildman–Crippen LogP) is 3.88. The number of halogens is 2. The lowest BCUT2D eigenvalue weighted by Crippen LogP contribution is -1.93. The van der Waals surface area contributed by atoms with E-state index in [1.165, 1.54) is 25.3 Å². The number of methoxy groups -OCH3 is 1. The summed E-state index contributed by atoms with van der Waals surface area (Å²) in [4.78, 5) is 4.24. The van der Waals surface area contributed by atoms with Gasteiger partial charge in [0, 0.05) is 12.1 Å². The van der Waals surface area contributed by atoms with Crippen LogP contribution < -0.4 is 10.5 Å². The average Bonchev–Trinajstić information content (AvgIpc) is 2.84. The summed E-state index contributed by atoms with van der Waals surface area (Å²) in [5.74, 6) is 0.405. The summed E-state index contributed by atoms with van der Waals surface area (Å²) in [6.45, 7) is 0. The second-order valence-electron chi connectivity index (χ2n) is 4.21. The van der Waals surface area contributed by atoms with Gasteiger partial charge in [-0.15, -0.1) is 0 Å². The third-order valence-corrected chi connectivity index (χ3v) is 3.23. The zero-order valence-electron chi connectivity index (χ0n) is 10.5. The molecule has 0 aliphatic carbocycles. The minimum Gasteiger partial charge on any atom is -0.496 e. The molecule has 1 aromatic heterocycles. The zero-order valence-corrected chi connectivity index (χ0v) is 11.2. The highest BCUT2D eigenvalue weighted by Crippen LogP contribution is 2.36. The molecule has 0 aliphatic rings. The molecular weight excluding hydrogens is 283 g/mol. The Labute approximate surface area is 118 Å². The normalized spacial score (nSPS) is 10.9. The number of ether oxygens (including phenoxy) is 1. The molecule has 0 spiro atoms. The van der Waals surface area contributed by atoms with Crippen LogP contribution in [0.15, 0.2) is 34.7 Å². The van der Waals surface area contributed by atoms with Crippen molar-refractivity contribution in [3.8, 4) is 17.2 Å². The maximum absolute atomic E-state index is 13.2. The topological polar surface area (TPSA) is 61.3 Å². The van der Waals surface area contributed by atoms with Crippen molar-refractivity contribution >= 4 is 28.4 Å². The molecule has 2 N–H and O–H groups in total. The van der Waals surface area contributed by atoms with E-state index in [9.17, 15) is 4.39 Å². The van der Waals surface area contributed by atoms with Gasteiger partial charge in [-0.2, -0.15) is 0 Å². The number of fused-ring (bicyclic) bond motifs is 1. The first-order chi connectivity index (χ1) is 9.58. The van der Waals surface area contributed by atoms with Crippen molar-refractivity contribution in [1.82, 2.24) is 4.98 Å². The molecule has 4 nitrogen and oxygen atoms in total. The average molecular weight is 293 g/mol. The number of rotatable bonds is 2. The van der Waals surface area contributed by atoms with E-state index in [0.29, 0.717) is 39.0 Å². The first-order valence-corrected chi connectivity index (χ1v) is 6.16. The number of aromatic nitrogens is 1. The first kappa shape index (κ1) is 12.7. The maximum Gasteiger partial charge on any atom is 0.231 e. The van der Waals surface area contributed by atoms with E-state index in [0.717, 1.165) is 0 Å². The number of nitrogen functional groups attached to an aromatic ring is 1. The van der Waals surface area contributed by atoms with Gasteiger partial charge in [-0.25, -0.2) is 9.37 Å². The number of nitrogens with zero attached hydrogens (tertiary/aromatic N) is 1. The smallest absolute Gasteiger partial charge is 0.231 e. The molecule has 6 heteroatoms. The number of oxazole rings is 1. The molecule has 0 fully saturated rings. The third-order valence-electron chi connectivity index (χ3n) is 2.90. The first-order valence-electron chi connectivity index (χ1n) is 5.78. The summed E-state index contributed by atoms with van der Waals surface area (Å²) in [6, 6.07) is 7.33. The summed E-state index contributed by atoms with van der Waals surface area (Å²) in [6.07, 6.45) is 0. The summed E-state index contributed by atoms with van der Waals surface area (Å²) >= 11 is 6.01. The minimum atomic E-state index is -0.375. The Balaban J connectivity index is 2.22. The molecule has 0 aliphatic heterocycles. The highest BCUT2D eigenvalue weighted by Gasteiger charge is 2.15. The summed E-state index contributed by atoms with van der Waals surface area (Å²) < 4.78 is 24.0. The van der Waals surface area contributed by atoms with Crippen LogP contribution in [0.25, 0.3) is 22.6 Å². The Kier molecular flexibility index (Phi) is 2.99. The maximum atomic E-state index is 13.2. The quantitative estimate of drug-likeness (QED) is 0.728. The summed E-state index contributed by atoms with van der Waals surface area (Å²) in [5.41, 5.74) is 7.59. The van der Waals surface area contributed by atoms with Gasteiger partial charge in [0.15, 0.2) is 5.58 Å². The molecule has 0 amide bonds. The van der Waals surface area contributed by atoms with Crippen molar-refractivity contribution in [3.05, 3.63) is 41.2 Å². The molecule has 2 aromatic carbocycles. The molecule has 0 atom stereocenters. The minimum absolute atomic E-state index is 0.296. The van der Waals surface area contributed by atoms with Crippen LogP contribution in [-0.4, -0.2) is 12.1 Å². The third kappa shape index (κ3) is 2.06. The van der Waals surface area contributed by atoms with E-state index < -0.39 is 0 Å². The molecule has 20 heavy (non-hydrogen) atoms. The van der Waals surface area contributed by atoms with Crippen molar-refractivity contribution in [2.75, 3.05) is 12.8 Å². The van der Waals surface area contributed by atoms with Crippen LogP contribution in [0.4, 0.5) is 10.1 Å². The van der Waals surface area contributed by atoms with E-state index in [-0.39, 0.29) is 5.82 Å². The Morgan fingerprint density at radius 2 is 2.10 bits per heavy atom. The number of hydrogen-bond acceptors (Lipinski definition) is 4. The highest BCUT2D eigenvalue weighted by molar-refractivity contribution is 6.33. The van der Waals surface area contributed by atoms with Crippen LogP contribution in [0, 0.1) is 5.82 Å². The molecule has 0 radical (unpaired) electrons. The van der Waals surface area contributed by atoms with E-state index in [4.69, 9.17) is 26.5 Å². The lowest BCUT2D eigenvalue weighted by atomic mass is 10.2. The van der Waals surface area contributed by atoms with Crippen LogP contribution in [0.3, 0.4) is 0 Å². The second kappa shape index (κ2) is 4.68. The predicted molar refractivity (Wildman–Crippen MR) is 75.4 cm³/mol. The number of benzene rings is 2. The van der Waals surface area contributed by atoms with Crippen molar-refractivity contribution in [2.45, 2.75) is 0 Å². The van der Waals surface area contributed by atoms with Crippen molar-refractivity contribution in [3.63, 3.8) is 0 Å². The number of hydrogen-bond donors (Lipinski definition) is 1. The molecule has 102 valence electrons. The second-order valence-corrected chi connectivity index (χ2v) is 4.61. The van der Waals surface area contributed by atoms with Crippen molar-refractivity contribution < 1.29 is 13.5 Å². The van der Waals surface area contributed by atoms with Crippen molar-refractivity contribution in [2.24, 2.45) is 0 Å². The largest absolute Gasteiger partial charge is 0.496 e. The highest BCUT2D eigenvalue weighted by atomic mass is 35.5. The van der Waals surface area contributed by atoms with Crippen LogP contribution in [0.5, 0.6) is 5.75 Å². The lowest BCUT2D eigenvalue weighted by molar-refractivity contribution is 0.415. The fourth-order valence-corrected chi connectivity index (χ4v) is 2.08. The Morgan fingerprint density at radius 1 is 1.30 bits per heavy atom. The SMILES string of the molecule is COc1cc(N)c(Cl)cc1-c1nc2cc(F)ccc2o1. The van der Waals surface area contributed by atoms with Crippen LogP contribution in [0.2, 0.25) is 5.02 Å². The number of anilines is 1. The van der Waals surface area contributed by atoms with Gasteiger partial charge in [-0.05, 0) is 18.2 Å². The van der Waals surface area contributed by atoms with Gasteiger partial charge in [0.05, 0.1) is 23.4 Å². The molecule has 0 bridgehead atoms. The van der Waals surface area contributed by atoms with Crippen LogP contribution >= 0.6 is 11.6 Å². The Morgan fingerprint density at radius 3 is 2.85 bits per heavy atom. The van der Waals surface area contributed by atoms with Crippen LogP contribution in [0.1, 0.15) is 0 Å². The molecular formula is C14H10ClFN2O2. The molecule has 3 rings (SSSR count). The molecule has 1 heterocycles. The van der Waals surface area contributed by atoms with E-state index in [1.54, 1.807) is 12.1 Å². The van der Waals surface area contributed by atoms with Gasteiger partial charge in [-0.3, -0.25) is 0 Å². The fraction of sp³-hybridized carbons (Fsp3) is 0.0714. The van der Waals surface area contributed by atoms with Gasteiger partial charge in [0.25, 0.3) is 0 Å². The van der Waals surface area contributed by atoms with Crippen LogP contribution in [-0.2, 0) is 0 Å². The van der Waals surface area contributed by atoms with Gasteiger partial charge in [-0.1, -0.05) is 11.6 Å². The fourth-order valence-electron chi connectivity index (χ4n) is 1.92. The monoisotopic (exact) mass is 292 g/mol. The lowest BCUT2D eigenvalue weighted by Gasteiger charge is -2.07. The Bertz CT molecular complexity index is 801. The molecule has 0 saturated carbocycles. The van der Waals surface area contributed by atoms with E-state index >= 15 is 0 Å². The standard InChI is InChI=1S/C14H10ClFN2O2/c1-19-13-6-10(17)9(15)5-8(13)14-18-11-4-7(16)2-3-12(11)20-14/h2-6H,17H2,1H3. The Hall–Kier alpha value is -2.27. The molecule has 0 saturated heterocycles. The van der Waals surface area contributed by atoms with Crippen molar-refractivity contribution in [1.29, 1.82) is 0 Å². The summed E-state index contributed by atoms with van der Waals surface area (Å²) in [7, 11) is 1.51.